The molecule has 0 unspecified atom stereocenters. The summed E-state index contributed by atoms with van der Waals surface area (Å²) < 4.78 is 60.4. The van der Waals surface area contributed by atoms with Crippen LogP contribution in [0.2, 0.25) is 0 Å². The number of benzene rings is 8. The van der Waals surface area contributed by atoms with E-state index < -0.39 is 0 Å². The van der Waals surface area contributed by atoms with Crippen molar-refractivity contribution in [2.75, 3.05) is 0 Å². The first kappa shape index (κ1) is 25.1. The molecule has 0 spiro atoms. The molecule has 0 aliphatic carbocycles. The lowest BCUT2D eigenvalue weighted by atomic mass is 9.97. The van der Waals surface area contributed by atoms with Crippen LogP contribution in [0.3, 0.4) is 0 Å². The Morgan fingerprint density at radius 2 is 1.13 bits per heavy atom. The lowest BCUT2D eigenvalue weighted by Crippen LogP contribution is -2.00. The molecule has 4 nitrogen and oxygen atoms in total. The quantitative estimate of drug-likeness (QED) is 0.178. The zero-order chi connectivity index (χ0) is 40.8. The molecular formula is C49H29N3OS. The fraction of sp³-hybridized carbons (Fsp3) is 0. The van der Waals surface area contributed by atoms with Gasteiger partial charge in [0.05, 0.1) is 8.22 Å². The summed E-state index contributed by atoms with van der Waals surface area (Å²) >= 11 is 1.38. The Morgan fingerprint density at radius 3 is 1.93 bits per heavy atom. The number of thiophene rings is 1. The fourth-order valence-electron chi connectivity index (χ4n) is 7.32. The molecule has 8 aromatic carbocycles. The maximum absolute atomic E-state index is 9.10. The third-order valence-electron chi connectivity index (χ3n) is 9.88. The molecule has 11 rings (SSSR count). The first-order valence-electron chi connectivity index (χ1n) is 20.5. The maximum Gasteiger partial charge on any atom is 0.164 e. The van der Waals surface area contributed by atoms with Crippen molar-refractivity contribution in [2.45, 2.75) is 0 Å². The third-order valence-corrected chi connectivity index (χ3v) is 11.1. The largest absolute Gasteiger partial charge is 0.456 e. The molecule has 0 saturated heterocycles. The smallest absolute Gasteiger partial charge is 0.164 e. The summed E-state index contributed by atoms with van der Waals surface area (Å²) in [6, 6.07) is 44.4. The number of rotatable bonds is 5. The minimum atomic E-state index is -0.129. The van der Waals surface area contributed by atoms with Crippen molar-refractivity contribution in [1.29, 1.82) is 0 Å². The average Bonchev–Trinajstić information content (AvgIpc) is 3.86. The standard InChI is InChI=1S/C49H29N3OS/c1-3-11-30(12-4-1)36-17-9-19-41-44(36)39-27-26-35(29-42(39)53-41)49-51-47(33-14-5-2-6-15-33)50-48(52-49)34-23-21-32(22-24-34)37-18-10-20-43-45(37)40-28-25-31-13-7-8-16-38(31)46(40)54-43/h1-29H/i7D,10D,13D,18D,25D,28D. The second-order valence-corrected chi connectivity index (χ2v) is 14.1. The van der Waals surface area contributed by atoms with E-state index in [4.69, 9.17) is 27.6 Å². The highest BCUT2D eigenvalue weighted by atomic mass is 32.1. The molecule has 54 heavy (non-hydrogen) atoms. The van der Waals surface area contributed by atoms with Gasteiger partial charge in [0.1, 0.15) is 11.2 Å². The summed E-state index contributed by atoms with van der Waals surface area (Å²) in [5.41, 5.74) is 7.18. The van der Waals surface area contributed by atoms with Gasteiger partial charge < -0.3 is 4.42 Å². The average molecular weight is 714 g/mol. The van der Waals surface area contributed by atoms with Gasteiger partial charge in [0, 0.05) is 47.6 Å². The fourth-order valence-corrected chi connectivity index (χ4v) is 8.50. The van der Waals surface area contributed by atoms with Gasteiger partial charge in [-0.2, -0.15) is 0 Å². The Morgan fingerprint density at radius 1 is 0.444 bits per heavy atom. The highest BCUT2D eigenvalue weighted by Gasteiger charge is 2.18. The van der Waals surface area contributed by atoms with Crippen LogP contribution in [0.15, 0.2) is 180 Å². The highest BCUT2D eigenvalue weighted by molar-refractivity contribution is 7.26. The monoisotopic (exact) mass is 713 g/mol. The van der Waals surface area contributed by atoms with Gasteiger partial charge in [-0.25, -0.2) is 15.0 Å². The predicted octanol–water partition coefficient (Wildman–Crippen LogP) is 13.6. The van der Waals surface area contributed by atoms with Crippen LogP contribution < -0.4 is 0 Å². The van der Waals surface area contributed by atoms with Crippen molar-refractivity contribution in [3.63, 3.8) is 0 Å². The molecule has 0 N–H and O–H groups in total. The van der Waals surface area contributed by atoms with E-state index in [-0.39, 0.29) is 41.6 Å². The summed E-state index contributed by atoms with van der Waals surface area (Å²) in [6.45, 7) is 0. The van der Waals surface area contributed by atoms with Crippen LogP contribution in [-0.2, 0) is 0 Å². The molecule has 0 aliphatic rings. The van der Waals surface area contributed by atoms with E-state index in [9.17, 15) is 0 Å². The first-order valence-corrected chi connectivity index (χ1v) is 18.3. The van der Waals surface area contributed by atoms with Crippen LogP contribution in [0.4, 0.5) is 0 Å². The summed E-state index contributed by atoms with van der Waals surface area (Å²) in [5.74, 6) is 1.43. The van der Waals surface area contributed by atoms with Gasteiger partial charge in [0.25, 0.3) is 0 Å². The molecule has 0 aliphatic heterocycles. The van der Waals surface area contributed by atoms with E-state index >= 15 is 0 Å². The molecule has 0 amide bonds. The predicted molar refractivity (Wildman–Crippen MR) is 225 cm³/mol. The van der Waals surface area contributed by atoms with Gasteiger partial charge in [0.15, 0.2) is 17.5 Å². The van der Waals surface area contributed by atoms with Gasteiger partial charge in [-0.15, -0.1) is 11.3 Å². The molecule has 252 valence electrons. The third kappa shape index (κ3) is 5.01. The minimum Gasteiger partial charge on any atom is -0.456 e. The first-order chi connectivity index (χ1) is 29.2. The number of hydrogen-bond donors (Lipinski definition) is 0. The normalized spacial score (nSPS) is 13.3. The Bertz CT molecular complexity index is 3550. The molecule has 11 aromatic rings. The number of nitrogens with zero attached hydrogens (tertiary/aromatic N) is 3. The molecule has 3 aromatic heterocycles. The molecule has 0 fully saturated rings. The van der Waals surface area contributed by atoms with Gasteiger partial charge in [-0.1, -0.05) is 152 Å². The van der Waals surface area contributed by atoms with Crippen molar-refractivity contribution in [3.8, 4) is 56.4 Å². The zero-order valence-electron chi connectivity index (χ0n) is 34.4. The topological polar surface area (TPSA) is 51.8 Å². The molecule has 0 bridgehead atoms. The van der Waals surface area contributed by atoms with Gasteiger partial charge in [0.2, 0.25) is 0 Å². The van der Waals surface area contributed by atoms with Crippen LogP contribution in [0.5, 0.6) is 0 Å². The highest BCUT2D eigenvalue weighted by Crippen LogP contribution is 2.43. The van der Waals surface area contributed by atoms with E-state index in [0.717, 1.165) is 44.2 Å². The minimum absolute atomic E-state index is 0.00865. The summed E-state index contributed by atoms with van der Waals surface area (Å²) in [5, 5.41) is 4.04. The second-order valence-electron chi connectivity index (χ2n) is 13.1. The SMILES string of the molecule is [2H]c1cc2sc3c4ccc([2H])c([2H])c4c([2H])c([2H])c3c2c(-c2ccc(-c3nc(-c4ccccc4)nc(-c4ccc5c(c4)oc4cccc(-c6ccccc6)c45)n3)cc2)c1[2H]. The summed E-state index contributed by atoms with van der Waals surface area (Å²) in [4.78, 5) is 14.9. The van der Waals surface area contributed by atoms with E-state index in [1.807, 2.05) is 97.1 Å². The number of fused-ring (bicyclic) bond motifs is 8. The van der Waals surface area contributed by atoms with Crippen LogP contribution in [0.1, 0.15) is 8.22 Å². The zero-order valence-corrected chi connectivity index (χ0v) is 29.3. The van der Waals surface area contributed by atoms with Crippen molar-refractivity contribution < 1.29 is 12.6 Å². The van der Waals surface area contributed by atoms with Gasteiger partial charge in [-0.3, -0.25) is 0 Å². The van der Waals surface area contributed by atoms with Crippen molar-refractivity contribution >= 4 is 64.2 Å². The number of aromatic nitrogens is 3. The molecule has 5 heteroatoms. The Labute approximate surface area is 323 Å². The number of hydrogen-bond acceptors (Lipinski definition) is 5. The molecular weight excluding hydrogens is 679 g/mol. The van der Waals surface area contributed by atoms with Crippen molar-refractivity contribution in [3.05, 3.63) is 176 Å². The lowest BCUT2D eigenvalue weighted by Gasteiger charge is -2.10. The van der Waals surface area contributed by atoms with Crippen LogP contribution in [0, 0.1) is 0 Å². The van der Waals surface area contributed by atoms with E-state index in [2.05, 4.69) is 24.3 Å². The second kappa shape index (κ2) is 12.3. The molecule has 0 radical (unpaired) electrons. The van der Waals surface area contributed by atoms with Crippen LogP contribution in [-0.4, -0.2) is 15.0 Å². The van der Waals surface area contributed by atoms with Crippen molar-refractivity contribution in [2.24, 2.45) is 0 Å². The Hall–Kier alpha value is -6.95. The Balaban J connectivity index is 1.05. The van der Waals surface area contributed by atoms with E-state index in [0.29, 0.717) is 59.7 Å². The summed E-state index contributed by atoms with van der Waals surface area (Å²) in [7, 11) is 0. The lowest BCUT2D eigenvalue weighted by molar-refractivity contribution is 0.669. The van der Waals surface area contributed by atoms with Crippen molar-refractivity contribution in [1.82, 2.24) is 15.0 Å². The van der Waals surface area contributed by atoms with E-state index in [1.54, 1.807) is 12.1 Å². The molecule has 0 atom stereocenters. The Kier molecular flexibility index (Phi) is 5.73. The van der Waals surface area contributed by atoms with Crippen LogP contribution in [0.25, 0.3) is 109 Å². The number of furan rings is 1. The summed E-state index contributed by atoms with van der Waals surface area (Å²) in [6.07, 6.45) is 0. The molecule has 3 heterocycles. The maximum atomic E-state index is 9.10. The van der Waals surface area contributed by atoms with Gasteiger partial charge >= 0.3 is 0 Å². The van der Waals surface area contributed by atoms with E-state index in [1.165, 1.54) is 17.4 Å². The van der Waals surface area contributed by atoms with Gasteiger partial charge in [-0.05, 0) is 57.3 Å². The van der Waals surface area contributed by atoms with Crippen LogP contribution >= 0.6 is 11.3 Å². The molecule has 0 saturated carbocycles.